The molecule has 1 heterocycles. The number of nitrogens with zero attached hydrogens (tertiary/aromatic N) is 1. The van der Waals surface area contributed by atoms with Crippen LogP contribution in [0.5, 0.6) is 5.88 Å². The van der Waals surface area contributed by atoms with E-state index < -0.39 is 0 Å². The Morgan fingerprint density at radius 3 is 3.12 bits per heavy atom. The molecule has 1 aromatic heterocycles. The molecule has 0 fully saturated rings. The van der Waals surface area contributed by atoms with Gasteiger partial charge in [-0.05, 0) is 11.6 Å². The second-order valence-corrected chi connectivity index (χ2v) is 3.55. The Balaban J connectivity index is 2.50. The zero-order valence-electron chi connectivity index (χ0n) is 9.20. The molecule has 1 amide bonds. The van der Waals surface area contributed by atoms with Crippen LogP contribution in [0.2, 0.25) is 0 Å². The minimum atomic E-state index is 0.0278. The number of amides is 1. The number of carbonyl (C=O) groups excluding carboxylic acids is 1. The molecule has 4 nitrogen and oxygen atoms in total. The predicted molar refractivity (Wildman–Crippen MR) is 62.6 cm³/mol. The summed E-state index contributed by atoms with van der Waals surface area (Å²) in [5.74, 6) is 0.988. The second kappa shape index (κ2) is 7.06. The summed E-state index contributed by atoms with van der Waals surface area (Å²) in [5, 5.41) is 2.78. The lowest BCUT2D eigenvalue weighted by Crippen LogP contribution is -2.21. The number of alkyl halides is 1. The summed E-state index contributed by atoms with van der Waals surface area (Å²) in [6, 6.07) is 3.63. The number of pyridine rings is 1. The topological polar surface area (TPSA) is 51.2 Å². The Bertz CT molecular complexity index is 345. The van der Waals surface area contributed by atoms with E-state index in [-0.39, 0.29) is 5.91 Å². The summed E-state index contributed by atoms with van der Waals surface area (Å²) in [4.78, 5) is 15.1. The smallest absolute Gasteiger partial charge is 0.219 e. The standard InChI is InChI=1S/C11H15ClN2O2/c1-2-10(15)14-8-9-3-5-13-11(7-9)16-6-4-12/h3,5,7H,2,4,6,8H2,1H3,(H,14,15). The molecule has 0 aliphatic carbocycles. The van der Waals surface area contributed by atoms with Crippen molar-refractivity contribution in [3.05, 3.63) is 23.9 Å². The Hall–Kier alpha value is -1.29. The maximum absolute atomic E-state index is 11.1. The van der Waals surface area contributed by atoms with Gasteiger partial charge in [-0.3, -0.25) is 4.79 Å². The molecule has 0 bridgehead atoms. The van der Waals surface area contributed by atoms with Gasteiger partial charge in [0, 0.05) is 25.2 Å². The van der Waals surface area contributed by atoms with Crippen molar-refractivity contribution < 1.29 is 9.53 Å². The summed E-state index contributed by atoms with van der Waals surface area (Å²) in [6.45, 7) is 2.74. The third-order valence-corrected chi connectivity index (χ3v) is 2.09. The van der Waals surface area contributed by atoms with E-state index in [1.807, 2.05) is 13.0 Å². The van der Waals surface area contributed by atoms with Crippen LogP contribution in [-0.2, 0) is 11.3 Å². The molecule has 1 N–H and O–H groups in total. The monoisotopic (exact) mass is 242 g/mol. The SMILES string of the molecule is CCC(=O)NCc1ccnc(OCCCl)c1. The van der Waals surface area contributed by atoms with Crippen LogP contribution in [0, 0.1) is 0 Å². The van der Waals surface area contributed by atoms with Gasteiger partial charge in [-0.15, -0.1) is 11.6 Å². The first-order chi connectivity index (χ1) is 7.76. The fourth-order valence-electron chi connectivity index (χ4n) is 1.11. The Morgan fingerprint density at radius 2 is 2.44 bits per heavy atom. The summed E-state index contributed by atoms with van der Waals surface area (Å²) >= 11 is 5.50. The number of ether oxygens (including phenoxy) is 1. The summed E-state index contributed by atoms with van der Waals surface area (Å²) in [6.07, 6.45) is 2.14. The van der Waals surface area contributed by atoms with E-state index in [0.717, 1.165) is 5.56 Å². The summed E-state index contributed by atoms with van der Waals surface area (Å²) < 4.78 is 5.27. The van der Waals surface area contributed by atoms with Gasteiger partial charge in [0.2, 0.25) is 11.8 Å². The van der Waals surface area contributed by atoms with Crippen molar-refractivity contribution in [2.75, 3.05) is 12.5 Å². The maximum atomic E-state index is 11.1. The van der Waals surface area contributed by atoms with Gasteiger partial charge in [-0.25, -0.2) is 4.98 Å². The van der Waals surface area contributed by atoms with Crippen LogP contribution in [0.3, 0.4) is 0 Å². The van der Waals surface area contributed by atoms with Gasteiger partial charge < -0.3 is 10.1 Å². The molecule has 1 rings (SSSR count). The zero-order valence-corrected chi connectivity index (χ0v) is 9.96. The van der Waals surface area contributed by atoms with E-state index in [1.165, 1.54) is 0 Å². The molecule has 1 aromatic rings. The molecular weight excluding hydrogens is 228 g/mol. The lowest BCUT2D eigenvalue weighted by molar-refractivity contribution is -0.120. The first-order valence-corrected chi connectivity index (χ1v) is 5.70. The van der Waals surface area contributed by atoms with Crippen LogP contribution in [0.1, 0.15) is 18.9 Å². The Kier molecular flexibility index (Phi) is 5.64. The quantitative estimate of drug-likeness (QED) is 0.773. The molecule has 0 atom stereocenters. The van der Waals surface area contributed by atoms with Gasteiger partial charge in [0.1, 0.15) is 6.61 Å². The van der Waals surface area contributed by atoms with Gasteiger partial charge >= 0.3 is 0 Å². The molecular formula is C11H15ClN2O2. The number of halogens is 1. The first-order valence-electron chi connectivity index (χ1n) is 5.16. The Labute approximate surface area is 100.0 Å². The normalized spacial score (nSPS) is 9.88. The molecule has 0 radical (unpaired) electrons. The lowest BCUT2D eigenvalue weighted by atomic mass is 10.2. The third kappa shape index (κ3) is 4.49. The maximum Gasteiger partial charge on any atom is 0.219 e. The average molecular weight is 243 g/mol. The van der Waals surface area contributed by atoms with Crippen molar-refractivity contribution in [1.29, 1.82) is 0 Å². The van der Waals surface area contributed by atoms with E-state index >= 15 is 0 Å². The van der Waals surface area contributed by atoms with Crippen molar-refractivity contribution in [3.63, 3.8) is 0 Å². The molecule has 88 valence electrons. The number of aromatic nitrogens is 1. The Morgan fingerprint density at radius 1 is 1.62 bits per heavy atom. The molecule has 5 heteroatoms. The highest BCUT2D eigenvalue weighted by Gasteiger charge is 2.00. The van der Waals surface area contributed by atoms with Crippen molar-refractivity contribution in [2.24, 2.45) is 0 Å². The highest BCUT2D eigenvalue weighted by atomic mass is 35.5. The zero-order chi connectivity index (χ0) is 11.8. The average Bonchev–Trinajstić information content (AvgIpc) is 2.34. The predicted octanol–water partition coefficient (Wildman–Crippen LogP) is 1.73. The first kappa shape index (κ1) is 12.8. The molecule has 0 saturated heterocycles. The minimum Gasteiger partial charge on any atom is -0.476 e. The minimum absolute atomic E-state index is 0.0278. The van der Waals surface area contributed by atoms with Crippen LogP contribution < -0.4 is 10.1 Å². The van der Waals surface area contributed by atoms with E-state index in [2.05, 4.69) is 10.3 Å². The fourth-order valence-corrected chi connectivity index (χ4v) is 1.19. The van der Waals surface area contributed by atoms with Crippen LogP contribution >= 0.6 is 11.6 Å². The van der Waals surface area contributed by atoms with Crippen molar-refractivity contribution in [3.8, 4) is 5.88 Å². The van der Waals surface area contributed by atoms with E-state index in [9.17, 15) is 4.79 Å². The van der Waals surface area contributed by atoms with Crippen LogP contribution in [0.15, 0.2) is 18.3 Å². The van der Waals surface area contributed by atoms with E-state index in [1.54, 1.807) is 12.3 Å². The van der Waals surface area contributed by atoms with Crippen molar-refractivity contribution in [1.82, 2.24) is 10.3 Å². The van der Waals surface area contributed by atoms with Gasteiger partial charge in [0.25, 0.3) is 0 Å². The molecule has 0 aliphatic rings. The van der Waals surface area contributed by atoms with E-state index in [0.29, 0.717) is 31.3 Å². The largest absolute Gasteiger partial charge is 0.476 e. The van der Waals surface area contributed by atoms with Crippen molar-refractivity contribution in [2.45, 2.75) is 19.9 Å². The lowest BCUT2D eigenvalue weighted by Gasteiger charge is -2.06. The molecule has 0 aliphatic heterocycles. The molecule has 16 heavy (non-hydrogen) atoms. The van der Waals surface area contributed by atoms with Gasteiger partial charge in [-0.1, -0.05) is 6.92 Å². The third-order valence-electron chi connectivity index (χ3n) is 1.94. The van der Waals surface area contributed by atoms with Crippen LogP contribution in [-0.4, -0.2) is 23.4 Å². The van der Waals surface area contributed by atoms with Gasteiger partial charge in [0.05, 0.1) is 5.88 Å². The summed E-state index contributed by atoms with van der Waals surface area (Å²) in [7, 11) is 0. The van der Waals surface area contributed by atoms with Crippen LogP contribution in [0.4, 0.5) is 0 Å². The van der Waals surface area contributed by atoms with E-state index in [4.69, 9.17) is 16.3 Å². The highest BCUT2D eigenvalue weighted by Crippen LogP contribution is 2.09. The second-order valence-electron chi connectivity index (χ2n) is 3.17. The number of hydrogen-bond donors (Lipinski definition) is 1. The summed E-state index contributed by atoms with van der Waals surface area (Å²) in [5.41, 5.74) is 0.960. The van der Waals surface area contributed by atoms with Gasteiger partial charge in [-0.2, -0.15) is 0 Å². The number of carbonyl (C=O) groups is 1. The van der Waals surface area contributed by atoms with Crippen molar-refractivity contribution >= 4 is 17.5 Å². The molecule has 0 unspecified atom stereocenters. The fraction of sp³-hybridized carbons (Fsp3) is 0.455. The van der Waals surface area contributed by atoms with Crippen LogP contribution in [0.25, 0.3) is 0 Å². The number of hydrogen-bond acceptors (Lipinski definition) is 3. The highest BCUT2D eigenvalue weighted by molar-refractivity contribution is 6.17. The number of rotatable bonds is 6. The van der Waals surface area contributed by atoms with Gasteiger partial charge in [0.15, 0.2) is 0 Å². The molecule has 0 saturated carbocycles. The number of nitrogens with one attached hydrogen (secondary N) is 1. The molecule has 0 aromatic carbocycles. The molecule has 0 spiro atoms.